The van der Waals surface area contributed by atoms with Crippen molar-refractivity contribution in [1.82, 2.24) is 4.31 Å². The van der Waals surface area contributed by atoms with Crippen LogP contribution in [0.5, 0.6) is 0 Å². The molecule has 0 aliphatic rings. The smallest absolute Gasteiger partial charge is 0.218 e. The van der Waals surface area contributed by atoms with Gasteiger partial charge in [0.25, 0.3) is 0 Å². The molecule has 0 saturated heterocycles. The molecule has 0 aliphatic carbocycles. The van der Waals surface area contributed by atoms with Crippen molar-refractivity contribution in [1.29, 1.82) is 0 Å². The van der Waals surface area contributed by atoms with Gasteiger partial charge in [0.1, 0.15) is 0 Å². The number of nitrogens with two attached hydrogens (primary N) is 1. The van der Waals surface area contributed by atoms with E-state index in [0.717, 1.165) is 5.56 Å². The highest BCUT2D eigenvalue weighted by Crippen LogP contribution is 2.24. The predicted molar refractivity (Wildman–Crippen MR) is 79.2 cm³/mol. The summed E-state index contributed by atoms with van der Waals surface area (Å²) in [7, 11) is -3.35. The number of sulfonamides is 1. The summed E-state index contributed by atoms with van der Waals surface area (Å²) >= 11 is 0. The zero-order valence-corrected chi connectivity index (χ0v) is 12.8. The normalized spacial score (nSPS) is 15.4. The molecule has 0 saturated carbocycles. The van der Waals surface area contributed by atoms with Crippen LogP contribution in [0, 0.1) is 0 Å². The number of likely N-dealkylation sites (N-methyl/N-ethyl adjacent to an activating group) is 1. The molecule has 1 atom stereocenters. The topological polar surface area (TPSA) is 63.4 Å². The van der Waals surface area contributed by atoms with Gasteiger partial charge in [0.15, 0.2) is 0 Å². The van der Waals surface area contributed by atoms with Crippen LogP contribution in [0.1, 0.15) is 32.8 Å². The molecule has 0 aliphatic heterocycles. The van der Waals surface area contributed by atoms with Crippen molar-refractivity contribution in [2.24, 2.45) is 5.73 Å². The molecule has 108 valence electrons. The molecule has 5 heteroatoms. The summed E-state index contributed by atoms with van der Waals surface area (Å²) in [4.78, 5) is 0. The van der Waals surface area contributed by atoms with Gasteiger partial charge in [-0.3, -0.25) is 0 Å². The Labute approximate surface area is 116 Å². The van der Waals surface area contributed by atoms with E-state index in [-0.39, 0.29) is 5.75 Å². The van der Waals surface area contributed by atoms with E-state index in [9.17, 15) is 8.42 Å². The van der Waals surface area contributed by atoms with E-state index < -0.39 is 15.6 Å². The second kappa shape index (κ2) is 6.50. The first kappa shape index (κ1) is 16.1. The highest BCUT2D eigenvalue weighted by molar-refractivity contribution is 7.88. The van der Waals surface area contributed by atoms with Gasteiger partial charge in [-0.1, -0.05) is 44.2 Å². The third-order valence-electron chi connectivity index (χ3n) is 3.62. The SMILES string of the molecule is CCN(C(C)(CC)CN)S(=O)(=O)Cc1ccccc1. The van der Waals surface area contributed by atoms with Gasteiger partial charge in [0, 0.05) is 18.6 Å². The van der Waals surface area contributed by atoms with Crippen molar-refractivity contribution in [2.75, 3.05) is 13.1 Å². The Morgan fingerprint density at radius 3 is 2.21 bits per heavy atom. The van der Waals surface area contributed by atoms with E-state index in [2.05, 4.69) is 0 Å². The molecule has 1 unspecified atom stereocenters. The van der Waals surface area contributed by atoms with Gasteiger partial charge in [-0.2, -0.15) is 4.31 Å². The molecular weight excluding hydrogens is 260 g/mol. The van der Waals surface area contributed by atoms with Gasteiger partial charge in [-0.05, 0) is 18.9 Å². The molecule has 19 heavy (non-hydrogen) atoms. The van der Waals surface area contributed by atoms with E-state index in [1.54, 1.807) is 0 Å². The van der Waals surface area contributed by atoms with Crippen molar-refractivity contribution in [3.05, 3.63) is 35.9 Å². The summed E-state index contributed by atoms with van der Waals surface area (Å²) in [5.74, 6) is 0.0251. The lowest BCUT2D eigenvalue weighted by molar-refractivity contribution is 0.213. The molecule has 4 nitrogen and oxygen atoms in total. The number of hydrogen-bond donors (Lipinski definition) is 1. The first-order chi connectivity index (χ1) is 8.89. The Morgan fingerprint density at radius 1 is 1.21 bits per heavy atom. The fraction of sp³-hybridized carbons (Fsp3) is 0.571. The van der Waals surface area contributed by atoms with E-state index in [1.165, 1.54) is 4.31 Å². The van der Waals surface area contributed by atoms with E-state index >= 15 is 0 Å². The van der Waals surface area contributed by atoms with Crippen LogP contribution in [0.25, 0.3) is 0 Å². The summed E-state index contributed by atoms with van der Waals surface area (Å²) in [5.41, 5.74) is 6.07. The highest BCUT2D eigenvalue weighted by Gasteiger charge is 2.36. The second-order valence-corrected chi connectivity index (χ2v) is 6.85. The Hall–Kier alpha value is -0.910. The minimum absolute atomic E-state index is 0.0251. The zero-order chi connectivity index (χ0) is 14.5. The minimum Gasteiger partial charge on any atom is -0.329 e. The molecule has 0 spiro atoms. The van der Waals surface area contributed by atoms with Crippen molar-refractivity contribution in [2.45, 2.75) is 38.5 Å². The summed E-state index contributed by atoms with van der Waals surface area (Å²) in [6, 6.07) is 9.24. The van der Waals surface area contributed by atoms with Crippen LogP contribution < -0.4 is 5.73 Å². The molecular formula is C14H24N2O2S. The van der Waals surface area contributed by atoms with E-state index in [1.807, 2.05) is 51.1 Å². The lowest BCUT2D eigenvalue weighted by atomic mass is 9.99. The van der Waals surface area contributed by atoms with Crippen LogP contribution >= 0.6 is 0 Å². The summed E-state index contributed by atoms with van der Waals surface area (Å²) in [5, 5.41) is 0. The summed E-state index contributed by atoms with van der Waals surface area (Å²) < 4.78 is 26.7. The molecule has 0 fully saturated rings. The molecule has 0 bridgehead atoms. The molecule has 0 aromatic heterocycles. The van der Waals surface area contributed by atoms with Crippen LogP contribution in [0.15, 0.2) is 30.3 Å². The van der Waals surface area contributed by atoms with E-state index in [0.29, 0.717) is 19.5 Å². The maximum atomic E-state index is 12.6. The summed E-state index contributed by atoms with van der Waals surface area (Å²) in [6.07, 6.45) is 0.700. The zero-order valence-electron chi connectivity index (χ0n) is 12.0. The second-order valence-electron chi connectivity index (χ2n) is 4.96. The highest BCUT2D eigenvalue weighted by atomic mass is 32.2. The van der Waals surface area contributed by atoms with E-state index in [4.69, 9.17) is 5.73 Å². The van der Waals surface area contributed by atoms with Crippen molar-refractivity contribution in [3.63, 3.8) is 0 Å². The fourth-order valence-electron chi connectivity index (χ4n) is 2.20. The van der Waals surface area contributed by atoms with Gasteiger partial charge in [-0.25, -0.2) is 8.42 Å². The predicted octanol–water partition coefficient (Wildman–Crippen LogP) is 1.97. The molecule has 1 rings (SSSR count). The Morgan fingerprint density at radius 2 is 1.79 bits per heavy atom. The van der Waals surface area contributed by atoms with Crippen LogP contribution in [-0.2, 0) is 15.8 Å². The Balaban J connectivity index is 3.03. The number of rotatable bonds is 7. The van der Waals surface area contributed by atoms with Gasteiger partial charge in [-0.15, -0.1) is 0 Å². The third-order valence-corrected chi connectivity index (χ3v) is 5.69. The average Bonchev–Trinajstić information content (AvgIpc) is 2.39. The van der Waals surface area contributed by atoms with Gasteiger partial charge in [0.05, 0.1) is 5.75 Å². The monoisotopic (exact) mass is 284 g/mol. The summed E-state index contributed by atoms with van der Waals surface area (Å²) in [6.45, 7) is 6.49. The molecule has 2 N–H and O–H groups in total. The van der Waals surface area contributed by atoms with Crippen molar-refractivity contribution in [3.8, 4) is 0 Å². The fourth-order valence-corrected chi connectivity index (χ4v) is 4.24. The molecule has 1 aromatic carbocycles. The molecule has 0 amide bonds. The van der Waals surface area contributed by atoms with Gasteiger partial charge < -0.3 is 5.73 Å². The van der Waals surface area contributed by atoms with Crippen LogP contribution in [0.3, 0.4) is 0 Å². The van der Waals surface area contributed by atoms with Gasteiger partial charge >= 0.3 is 0 Å². The Kier molecular flexibility index (Phi) is 5.52. The average molecular weight is 284 g/mol. The van der Waals surface area contributed by atoms with Gasteiger partial charge in [0.2, 0.25) is 10.0 Å². The van der Waals surface area contributed by atoms with Crippen LogP contribution in [-0.4, -0.2) is 31.4 Å². The standard InChI is InChI=1S/C14H24N2O2S/c1-4-14(3,12-15)16(5-2)19(17,18)11-13-9-7-6-8-10-13/h6-10H,4-5,11-12,15H2,1-3H3. The maximum absolute atomic E-state index is 12.6. The first-order valence-corrected chi connectivity index (χ1v) is 8.25. The minimum atomic E-state index is -3.35. The molecule has 0 radical (unpaired) electrons. The number of hydrogen-bond acceptors (Lipinski definition) is 3. The Bertz CT molecular complexity index is 481. The number of nitrogens with zero attached hydrogens (tertiary/aromatic N) is 1. The molecule has 1 aromatic rings. The lowest BCUT2D eigenvalue weighted by Gasteiger charge is -2.38. The van der Waals surface area contributed by atoms with Crippen molar-refractivity contribution >= 4 is 10.0 Å². The lowest BCUT2D eigenvalue weighted by Crippen LogP contribution is -2.54. The van der Waals surface area contributed by atoms with Crippen LogP contribution in [0.2, 0.25) is 0 Å². The largest absolute Gasteiger partial charge is 0.329 e. The quantitative estimate of drug-likeness (QED) is 0.832. The molecule has 0 heterocycles. The van der Waals surface area contributed by atoms with Crippen molar-refractivity contribution < 1.29 is 8.42 Å². The first-order valence-electron chi connectivity index (χ1n) is 6.64. The maximum Gasteiger partial charge on any atom is 0.218 e. The van der Waals surface area contributed by atoms with Crippen LogP contribution in [0.4, 0.5) is 0 Å². The third kappa shape index (κ3) is 3.78. The number of benzene rings is 1.